The molecule has 31 heavy (non-hydrogen) atoms. The third-order valence-corrected chi connectivity index (χ3v) is 7.20. The van der Waals surface area contributed by atoms with Gasteiger partial charge in [-0.05, 0) is 67.1 Å². The topological polar surface area (TPSA) is 59.4 Å². The highest BCUT2D eigenvalue weighted by Gasteiger charge is 2.28. The molecule has 1 aliphatic heterocycles. The minimum Gasteiger partial charge on any atom is -0.481 e. The Labute approximate surface area is 187 Å². The third-order valence-electron chi connectivity index (χ3n) is 5.80. The number of rotatable bonds is 6. The fourth-order valence-electron chi connectivity index (χ4n) is 4.48. The Morgan fingerprint density at radius 3 is 2.61 bits per heavy atom. The molecule has 0 saturated heterocycles. The summed E-state index contributed by atoms with van der Waals surface area (Å²) < 4.78 is 6.09. The minimum atomic E-state index is -0.768. The van der Waals surface area contributed by atoms with Crippen molar-refractivity contribution >= 4 is 17.7 Å². The molecule has 3 aromatic rings. The van der Waals surface area contributed by atoms with Crippen LogP contribution in [0.3, 0.4) is 0 Å². The van der Waals surface area contributed by atoms with E-state index in [0.29, 0.717) is 12.5 Å². The molecule has 4 nitrogen and oxygen atoms in total. The SMILES string of the molecule is Cc1cc(C)c(-c2cccc(COc3ncc4c(c3C)SC[C@H]4CC(=O)O)c2)c(C)c1. The standard InChI is InChI=1S/C26H27NO3S/c1-15-8-16(2)24(17(3)9-15)20-7-5-6-19(10-20)13-30-26-18(4)25-22(12-27-26)21(14-31-25)11-23(28)29/h5-10,12,21H,11,13-14H2,1-4H3,(H,28,29)/t21-/m1/s1. The second kappa shape index (κ2) is 8.75. The van der Waals surface area contributed by atoms with Gasteiger partial charge in [-0.15, -0.1) is 11.8 Å². The van der Waals surface area contributed by atoms with E-state index in [1.165, 1.54) is 27.8 Å². The van der Waals surface area contributed by atoms with Gasteiger partial charge in [0.25, 0.3) is 0 Å². The van der Waals surface area contributed by atoms with Crippen LogP contribution in [0.15, 0.2) is 47.5 Å². The van der Waals surface area contributed by atoms with Gasteiger partial charge in [0.05, 0.1) is 6.42 Å². The molecule has 1 aromatic heterocycles. The number of aryl methyl sites for hydroxylation is 3. The van der Waals surface area contributed by atoms with Crippen LogP contribution in [0, 0.1) is 27.7 Å². The Bertz CT molecular complexity index is 1130. The molecule has 2 aromatic carbocycles. The summed E-state index contributed by atoms with van der Waals surface area (Å²) in [5.41, 5.74) is 9.43. The van der Waals surface area contributed by atoms with Gasteiger partial charge in [0.15, 0.2) is 0 Å². The second-order valence-corrected chi connectivity index (χ2v) is 9.37. The summed E-state index contributed by atoms with van der Waals surface area (Å²) in [6, 6.07) is 12.9. The first-order valence-corrected chi connectivity index (χ1v) is 11.5. The van der Waals surface area contributed by atoms with Crippen LogP contribution in [0.1, 0.15) is 45.7 Å². The molecule has 0 amide bonds. The quantitative estimate of drug-likeness (QED) is 0.500. The summed E-state index contributed by atoms with van der Waals surface area (Å²) in [5.74, 6) is 0.659. The van der Waals surface area contributed by atoms with E-state index in [0.717, 1.165) is 27.3 Å². The third kappa shape index (κ3) is 4.47. The summed E-state index contributed by atoms with van der Waals surface area (Å²) in [7, 11) is 0. The van der Waals surface area contributed by atoms with Crippen LogP contribution in [0.4, 0.5) is 0 Å². The number of aromatic nitrogens is 1. The van der Waals surface area contributed by atoms with E-state index in [-0.39, 0.29) is 12.3 Å². The molecule has 4 rings (SSSR count). The van der Waals surface area contributed by atoms with Crippen molar-refractivity contribution in [1.82, 2.24) is 4.98 Å². The molecule has 1 aliphatic rings. The van der Waals surface area contributed by atoms with E-state index in [4.69, 9.17) is 9.84 Å². The number of hydrogen-bond donors (Lipinski definition) is 1. The lowest BCUT2D eigenvalue weighted by molar-refractivity contribution is -0.137. The Balaban J connectivity index is 1.54. The maximum Gasteiger partial charge on any atom is 0.303 e. The van der Waals surface area contributed by atoms with Crippen LogP contribution >= 0.6 is 11.8 Å². The monoisotopic (exact) mass is 433 g/mol. The van der Waals surface area contributed by atoms with E-state index in [1.807, 2.05) is 6.92 Å². The second-order valence-electron chi connectivity index (χ2n) is 8.34. The number of fused-ring (bicyclic) bond motifs is 1. The Hall–Kier alpha value is -2.79. The Morgan fingerprint density at radius 2 is 1.90 bits per heavy atom. The zero-order valence-electron chi connectivity index (χ0n) is 18.4. The van der Waals surface area contributed by atoms with Crippen molar-refractivity contribution in [1.29, 1.82) is 0 Å². The first kappa shape index (κ1) is 21.4. The van der Waals surface area contributed by atoms with Crippen LogP contribution < -0.4 is 4.74 Å². The predicted molar refractivity (Wildman–Crippen MR) is 125 cm³/mol. The minimum absolute atomic E-state index is 0.0235. The van der Waals surface area contributed by atoms with E-state index >= 15 is 0 Å². The number of benzene rings is 2. The van der Waals surface area contributed by atoms with Crippen molar-refractivity contribution in [2.24, 2.45) is 0 Å². The molecule has 1 atom stereocenters. The molecule has 0 fully saturated rings. The van der Waals surface area contributed by atoms with Gasteiger partial charge in [-0.3, -0.25) is 4.79 Å². The molecule has 0 radical (unpaired) electrons. The number of carboxylic acid groups (broad SMARTS) is 1. The van der Waals surface area contributed by atoms with E-state index in [9.17, 15) is 4.79 Å². The zero-order chi connectivity index (χ0) is 22.1. The summed E-state index contributed by atoms with van der Waals surface area (Å²) in [4.78, 5) is 16.7. The van der Waals surface area contributed by atoms with Gasteiger partial charge in [0.1, 0.15) is 6.61 Å². The van der Waals surface area contributed by atoms with E-state index in [1.54, 1.807) is 18.0 Å². The maximum absolute atomic E-state index is 11.1. The molecule has 5 heteroatoms. The van der Waals surface area contributed by atoms with E-state index in [2.05, 4.69) is 62.2 Å². The highest BCUT2D eigenvalue weighted by atomic mass is 32.2. The molecular weight excluding hydrogens is 406 g/mol. The lowest BCUT2D eigenvalue weighted by Gasteiger charge is -2.14. The normalized spacial score (nSPS) is 15.0. The van der Waals surface area contributed by atoms with Crippen LogP contribution in [0.5, 0.6) is 5.88 Å². The van der Waals surface area contributed by atoms with Gasteiger partial charge >= 0.3 is 5.97 Å². The van der Waals surface area contributed by atoms with Crippen molar-refractivity contribution in [3.8, 4) is 17.0 Å². The molecular formula is C26H27NO3S. The smallest absolute Gasteiger partial charge is 0.303 e. The summed E-state index contributed by atoms with van der Waals surface area (Å²) in [6.07, 6.45) is 1.94. The van der Waals surface area contributed by atoms with Gasteiger partial charge in [-0.25, -0.2) is 4.98 Å². The van der Waals surface area contributed by atoms with Gasteiger partial charge in [-0.2, -0.15) is 0 Å². The van der Waals surface area contributed by atoms with Crippen molar-refractivity contribution in [2.45, 2.75) is 51.5 Å². The van der Waals surface area contributed by atoms with Crippen LogP contribution in [0.25, 0.3) is 11.1 Å². The molecule has 1 N–H and O–H groups in total. The Kier molecular flexibility index (Phi) is 6.05. The van der Waals surface area contributed by atoms with Gasteiger partial charge in [0.2, 0.25) is 5.88 Å². The zero-order valence-corrected chi connectivity index (χ0v) is 19.2. The molecule has 0 saturated carbocycles. The number of carbonyl (C=O) groups is 1. The van der Waals surface area contributed by atoms with Gasteiger partial charge in [-0.1, -0.05) is 35.9 Å². The van der Waals surface area contributed by atoms with Crippen molar-refractivity contribution in [3.63, 3.8) is 0 Å². The average Bonchev–Trinajstić information content (AvgIpc) is 3.10. The Morgan fingerprint density at radius 1 is 1.16 bits per heavy atom. The number of carboxylic acids is 1. The van der Waals surface area contributed by atoms with Crippen LogP contribution in [0.2, 0.25) is 0 Å². The predicted octanol–water partition coefficient (Wildman–Crippen LogP) is 6.23. The first-order valence-electron chi connectivity index (χ1n) is 10.5. The van der Waals surface area contributed by atoms with Crippen molar-refractivity contribution in [2.75, 3.05) is 5.75 Å². The number of pyridine rings is 1. The molecule has 2 heterocycles. The summed E-state index contributed by atoms with van der Waals surface area (Å²) in [5, 5.41) is 9.13. The number of thioether (sulfide) groups is 1. The largest absolute Gasteiger partial charge is 0.481 e. The summed E-state index contributed by atoms with van der Waals surface area (Å²) >= 11 is 1.70. The number of ether oxygens (including phenoxy) is 1. The van der Waals surface area contributed by atoms with Crippen molar-refractivity contribution < 1.29 is 14.6 Å². The van der Waals surface area contributed by atoms with Gasteiger partial charge < -0.3 is 9.84 Å². The van der Waals surface area contributed by atoms with Crippen LogP contribution in [-0.2, 0) is 11.4 Å². The molecule has 0 spiro atoms. The first-order chi connectivity index (χ1) is 14.8. The molecule has 0 aliphatic carbocycles. The van der Waals surface area contributed by atoms with Crippen LogP contribution in [-0.4, -0.2) is 21.8 Å². The molecule has 0 bridgehead atoms. The van der Waals surface area contributed by atoms with Crippen molar-refractivity contribution in [3.05, 3.63) is 76.0 Å². The van der Waals surface area contributed by atoms with E-state index < -0.39 is 5.97 Å². The fourth-order valence-corrected chi connectivity index (χ4v) is 5.84. The lowest BCUT2D eigenvalue weighted by Crippen LogP contribution is -2.06. The maximum atomic E-state index is 11.1. The average molecular weight is 434 g/mol. The molecule has 160 valence electrons. The number of hydrogen-bond acceptors (Lipinski definition) is 4. The number of nitrogens with zero attached hydrogens (tertiary/aromatic N) is 1. The summed E-state index contributed by atoms with van der Waals surface area (Å²) in [6.45, 7) is 8.89. The highest BCUT2D eigenvalue weighted by Crippen LogP contribution is 2.44. The van der Waals surface area contributed by atoms with Gasteiger partial charge in [0, 0.05) is 28.3 Å². The fraction of sp³-hybridized carbons (Fsp3) is 0.308. The lowest BCUT2D eigenvalue weighted by atomic mass is 9.93. The highest BCUT2D eigenvalue weighted by molar-refractivity contribution is 7.99. The number of aliphatic carboxylic acids is 1. The molecule has 0 unspecified atom stereocenters.